The van der Waals surface area contributed by atoms with Gasteiger partial charge in [-0.05, 0) is 25.1 Å². The summed E-state index contributed by atoms with van der Waals surface area (Å²) >= 11 is 0. The number of carbonyl (C=O) groups is 2. The summed E-state index contributed by atoms with van der Waals surface area (Å²) in [5, 5.41) is 15.0. The van der Waals surface area contributed by atoms with Crippen LogP contribution >= 0.6 is 0 Å². The molecule has 0 aliphatic heterocycles. The maximum atomic E-state index is 12.1. The van der Waals surface area contributed by atoms with Gasteiger partial charge in [0.1, 0.15) is 17.2 Å². The number of amides is 2. The van der Waals surface area contributed by atoms with Crippen molar-refractivity contribution in [2.45, 2.75) is 6.92 Å². The number of aromatic hydroxyl groups is 1. The van der Waals surface area contributed by atoms with Crippen LogP contribution in [0.2, 0.25) is 0 Å². The number of urea groups is 1. The maximum absolute atomic E-state index is 12.1. The van der Waals surface area contributed by atoms with Crippen molar-refractivity contribution in [2.75, 3.05) is 24.9 Å². The van der Waals surface area contributed by atoms with Crippen LogP contribution in [0.4, 0.5) is 16.2 Å². The largest absolute Gasteiger partial charge is 0.507 e. The summed E-state index contributed by atoms with van der Waals surface area (Å²) in [6, 6.07) is 8.97. The van der Waals surface area contributed by atoms with E-state index in [1.807, 2.05) is 0 Å². The van der Waals surface area contributed by atoms with E-state index in [0.717, 1.165) is 0 Å². The van der Waals surface area contributed by atoms with Crippen LogP contribution in [0.25, 0.3) is 0 Å². The lowest BCUT2D eigenvalue weighted by Gasteiger charge is -2.13. The summed E-state index contributed by atoms with van der Waals surface area (Å²) in [5.74, 6) is 0.302. The number of methoxy groups -OCH3 is 2. The molecule has 2 rings (SSSR count). The molecule has 126 valence electrons. The smallest absolute Gasteiger partial charge is 0.323 e. The third kappa shape index (κ3) is 3.95. The highest BCUT2D eigenvalue weighted by molar-refractivity contribution is 6.03. The number of rotatable bonds is 5. The molecule has 0 fully saturated rings. The third-order valence-corrected chi connectivity index (χ3v) is 3.27. The first-order valence-corrected chi connectivity index (χ1v) is 7.08. The average molecular weight is 330 g/mol. The molecule has 24 heavy (non-hydrogen) atoms. The van der Waals surface area contributed by atoms with E-state index in [1.165, 1.54) is 33.3 Å². The monoisotopic (exact) mass is 330 g/mol. The third-order valence-electron chi connectivity index (χ3n) is 3.27. The lowest BCUT2D eigenvalue weighted by molar-refractivity contribution is 0.101. The topological polar surface area (TPSA) is 96.9 Å². The SMILES string of the molecule is COc1cccc(NC(=O)Nc2cc(C(C)=O)c(O)cc2OC)c1. The van der Waals surface area contributed by atoms with E-state index in [-0.39, 0.29) is 28.5 Å². The molecule has 0 saturated heterocycles. The van der Waals surface area contributed by atoms with Gasteiger partial charge in [0.15, 0.2) is 5.78 Å². The Morgan fingerprint density at radius 3 is 2.42 bits per heavy atom. The number of ketones is 1. The van der Waals surface area contributed by atoms with Gasteiger partial charge in [-0.3, -0.25) is 4.79 Å². The summed E-state index contributed by atoms with van der Waals surface area (Å²) in [4.78, 5) is 23.7. The van der Waals surface area contributed by atoms with Gasteiger partial charge in [0.05, 0.1) is 25.5 Å². The number of nitrogens with one attached hydrogen (secondary N) is 2. The predicted molar refractivity (Wildman–Crippen MR) is 90.3 cm³/mol. The summed E-state index contributed by atoms with van der Waals surface area (Å²) in [6.07, 6.45) is 0. The van der Waals surface area contributed by atoms with E-state index in [1.54, 1.807) is 24.3 Å². The van der Waals surface area contributed by atoms with Crippen LogP contribution in [-0.2, 0) is 0 Å². The van der Waals surface area contributed by atoms with Crippen LogP contribution in [0.5, 0.6) is 17.2 Å². The summed E-state index contributed by atoms with van der Waals surface area (Å²) in [7, 11) is 2.93. The number of phenolic OH excluding ortho intramolecular Hbond substituents is 1. The normalized spacial score (nSPS) is 9.96. The summed E-state index contributed by atoms with van der Waals surface area (Å²) < 4.78 is 10.2. The predicted octanol–water partition coefficient (Wildman–Crippen LogP) is 3.26. The van der Waals surface area contributed by atoms with Gasteiger partial charge in [0.25, 0.3) is 0 Å². The lowest BCUT2D eigenvalue weighted by Crippen LogP contribution is -2.20. The molecule has 0 atom stereocenters. The summed E-state index contributed by atoms with van der Waals surface area (Å²) in [6.45, 7) is 1.32. The van der Waals surface area contributed by atoms with Crippen molar-refractivity contribution in [3.05, 3.63) is 42.0 Å². The molecule has 0 bridgehead atoms. The fourth-order valence-corrected chi connectivity index (χ4v) is 2.10. The number of hydrogen-bond donors (Lipinski definition) is 3. The van der Waals surface area contributed by atoms with Crippen LogP contribution in [0, 0.1) is 0 Å². The molecule has 3 N–H and O–H groups in total. The van der Waals surface area contributed by atoms with Crippen LogP contribution in [0.15, 0.2) is 36.4 Å². The summed E-state index contributed by atoms with van der Waals surface area (Å²) in [5.41, 5.74) is 0.893. The van der Waals surface area contributed by atoms with E-state index in [0.29, 0.717) is 11.4 Å². The Labute approximate surface area is 139 Å². The van der Waals surface area contributed by atoms with Crippen LogP contribution in [0.1, 0.15) is 17.3 Å². The highest BCUT2D eigenvalue weighted by Gasteiger charge is 2.15. The lowest BCUT2D eigenvalue weighted by atomic mass is 10.1. The Morgan fingerprint density at radius 1 is 1.04 bits per heavy atom. The van der Waals surface area contributed by atoms with Crippen molar-refractivity contribution in [3.8, 4) is 17.2 Å². The molecule has 0 aliphatic carbocycles. The second-order valence-corrected chi connectivity index (χ2v) is 4.94. The molecule has 2 aromatic carbocycles. The van der Waals surface area contributed by atoms with Gasteiger partial charge in [0.2, 0.25) is 0 Å². The van der Waals surface area contributed by atoms with Gasteiger partial charge >= 0.3 is 6.03 Å². The Balaban J connectivity index is 2.21. The van der Waals surface area contributed by atoms with E-state index < -0.39 is 6.03 Å². The number of carbonyl (C=O) groups excluding carboxylic acids is 2. The Bertz CT molecular complexity index is 774. The molecule has 0 saturated carbocycles. The molecule has 2 amide bonds. The molecule has 7 heteroatoms. The molecule has 0 unspecified atom stereocenters. The van der Waals surface area contributed by atoms with Crippen molar-refractivity contribution < 1.29 is 24.2 Å². The number of benzene rings is 2. The fourth-order valence-electron chi connectivity index (χ4n) is 2.10. The first-order valence-electron chi connectivity index (χ1n) is 7.08. The van der Waals surface area contributed by atoms with Gasteiger partial charge in [-0.15, -0.1) is 0 Å². The Morgan fingerprint density at radius 2 is 1.79 bits per heavy atom. The number of phenols is 1. The fraction of sp³-hybridized carbons (Fsp3) is 0.176. The first-order chi connectivity index (χ1) is 11.4. The van der Waals surface area contributed by atoms with Gasteiger partial charge < -0.3 is 25.2 Å². The van der Waals surface area contributed by atoms with Crippen molar-refractivity contribution in [3.63, 3.8) is 0 Å². The second kappa shape index (κ2) is 7.36. The molecule has 0 radical (unpaired) electrons. The first kappa shape index (κ1) is 17.1. The van der Waals surface area contributed by atoms with Crippen molar-refractivity contribution in [1.29, 1.82) is 0 Å². The molecular weight excluding hydrogens is 312 g/mol. The molecule has 0 spiro atoms. The molecule has 0 aromatic heterocycles. The van der Waals surface area contributed by atoms with Gasteiger partial charge in [0, 0.05) is 17.8 Å². The number of ether oxygens (including phenoxy) is 2. The van der Waals surface area contributed by atoms with Crippen molar-refractivity contribution >= 4 is 23.2 Å². The molecule has 0 aliphatic rings. The zero-order valence-corrected chi connectivity index (χ0v) is 13.5. The van der Waals surface area contributed by atoms with Gasteiger partial charge in [-0.2, -0.15) is 0 Å². The molecule has 0 heterocycles. The minimum atomic E-state index is -0.526. The van der Waals surface area contributed by atoms with Gasteiger partial charge in [-0.1, -0.05) is 6.07 Å². The average Bonchev–Trinajstić information content (AvgIpc) is 2.55. The number of Topliss-reactive ketones (excluding diaryl/α,β-unsaturated/α-hetero) is 1. The standard InChI is InChI=1S/C17H18N2O5/c1-10(20)13-8-14(16(24-3)9-15(13)21)19-17(22)18-11-5-4-6-12(7-11)23-2/h4-9,21H,1-3H3,(H2,18,19,22). The van der Waals surface area contributed by atoms with Crippen LogP contribution in [0.3, 0.4) is 0 Å². The number of anilines is 2. The number of hydrogen-bond acceptors (Lipinski definition) is 5. The van der Waals surface area contributed by atoms with Crippen LogP contribution < -0.4 is 20.1 Å². The zero-order valence-electron chi connectivity index (χ0n) is 13.5. The van der Waals surface area contributed by atoms with E-state index in [4.69, 9.17) is 9.47 Å². The van der Waals surface area contributed by atoms with Crippen LogP contribution in [-0.4, -0.2) is 31.1 Å². The zero-order chi connectivity index (χ0) is 17.7. The minimum absolute atomic E-state index is 0.0903. The molecule has 7 nitrogen and oxygen atoms in total. The Hall–Kier alpha value is -3.22. The highest BCUT2D eigenvalue weighted by atomic mass is 16.5. The second-order valence-electron chi connectivity index (χ2n) is 4.94. The Kier molecular flexibility index (Phi) is 5.26. The molecule has 2 aromatic rings. The van der Waals surface area contributed by atoms with Crippen molar-refractivity contribution in [1.82, 2.24) is 0 Å². The van der Waals surface area contributed by atoms with Gasteiger partial charge in [-0.25, -0.2) is 4.79 Å². The quantitative estimate of drug-likeness (QED) is 0.577. The minimum Gasteiger partial charge on any atom is -0.507 e. The van der Waals surface area contributed by atoms with E-state index in [2.05, 4.69) is 10.6 Å². The van der Waals surface area contributed by atoms with E-state index in [9.17, 15) is 14.7 Å². The molecular formula is C17H18N2O5. The highest BCUT2D eigenvalue weighted by Crippen LogP contribution is 2.32. The maximum Gasteiger partial charge on any atom is 0.323 e. The van der Waals surface area contributed by atoms with E-state index >= 15 is 0 Å². The van der Waals surface area contributed by atoms with Crippen molar-refractivity contribution in [2.24, 2.45) is 0 Å².